The second-order valence-corrected chi connectivity index (χ2v) is 5.73. The number of nitrogens with zero attached hydrogens (tertiary/aromatic N) is 1. The van der Waals surface area contributed by atoms with Crippen LogP contribution in [-0.2, 0) is 11.2 Å². The molecule has 1 rings (SSSR count). The summed E-state index contributed by atoms with van der Waals surface area (Å²) in [6.07, 6.45) is 0.908. The highest BCUT2D eigenvalue weighted by molar-refractivity contribution is 7.14. The van der Waals surface area contributed by atoms with Crippen molar-refractivity contribution in [3.8, 4) is 0 Å². The Morgan fingerprint density at radius 1 is 1.50 bits per heavy atom. The van der Waals surface area contributed by atoms with E-state index in [1.165, 1.54) is 21.8 Å². The number of carbonyl (C=O) groups is 2. The van der Waals surface area contributed by atoms with Crippen molar-refractivity contribution in [2.45, 2.75) is 27.2 Å². The lowest BCUT2D eigenvalue weighted by molar-refractivity contribution is -0.141. The predicted octanol–water partition coefficient (Wildman–Crippen LogP) is 2.41. The molecule has 1 atom stereocenters. The summed E-state index contributed by atoms with van der Waals surface area (Å²) in [6.45, 7) is 5.88. The molecule has 0 aromatic carbocycles. The van der Waals surface area contributed by atoms with Gasteiger partial charge in [-0.25, -0.2) is 0 Å². The van der Waals surface area contributed by atoms with Gasteiger partial charge in [-0.3, -0.25) is 9.59 Å². The molecule has 0 radical (unpaired) electrons. The minimum Gasteiger partial charge on any atom is -0.481 e. The summed E-state index contributed by atoms with van der Waals surface area (Å²) in [5.74, 6) is -1.53. The summed E-state index contributed by atoms with van der Waals surface area (Å²) in [5.41, 5.74) is 1.18. The minimum absolute atomic E-state index is 0.101. The van der Waals surface area contributed by atoms with Crippen LogP contribution in [0, 0.1) is 12.8 Å². The molecule has 0 spiro atoms. The highest BCUT2D eigenvalue weighted by Crippen LogP contribution is 2.23. The molecule has 0 aliphatic rings. The molecule has 5 heteroatoms. The molecular weight excluding hydrogens is 250 g/mol. The van der Waals surface area contributed by atoms with E-state index in [1.807, 2.05) is 13.0 Å². The molecule has 1 aromatic rings. The number of carbonyl (C=O) groups excluding carboxylic acids is 1. The second-order valence-electron chi connectivity index (χ2n) is 4.47. The lowest BCUT2D eigenvalue weighted by atomic mass is 10.1. The van der Waals surface area contributed by atoms with Gasteiger partial charge in [-0.1, -0.05) is 13.8 Å². The maximum Gasteiger partial charge on any atom is 0.308 e. The maximum absolute atomic E-state index is 12.1. The van der Waals surface area contributed by atoms with Crippen LogP contribution in [0.3, 0.4) is 0 Å². The zero-order chi connectivity index (χ0) is 13.9. The normalized spacial score (nSPS) is 12.2. The number of hydrogen-bond donors (Lipinski definition) is 1. The van der Waals surface area contributed by atoms with Crippen molar-refractivity contribution in [3.63, 3.8) is 0 Å². The van der Waals surface area contributed by atoms with Gasteiger partial charge in [-0.05, 0) is 25.0 Å². The van der Waals surface area contributed by atoms with Crippen LogP contribution >= 0.6 is 11.3 Å². The van der Waals surface area contributed by atoms with Crippen molar-refractivity contribution in [3.05, 3.63) is 21.4 Å². The van der Waals surface area contributed by atoms with E-state index in [4.69, 9.17) is 5.11 Å². The highest BCUT2D eigenvalue weighted by Gasteiger charge is 2.20. The van der Waals surface area contributed by atoms with E-state index in [-0.39, 0.29) is 12.5 Å². The monoisotopic (exact) mass is 269 g/mol. The molecule has 4 nitrogen and oxygen atoms in total. The van der Waals surface area contributed by atoms with Crippen LogP contribution in [0.4, 0.5) is 0 Å². The number of aryl methyl sites for hydroxylation is 2. The van der Waals surface area contributed by atoms with E-state index >= 15 is 0 Å². The number of thiophene rings is 1. The summed E-state index contributed by atoms with van der Waals surface area (Å²) in [4.78, 5) is 26.2. The summed E-state index contributed by atoms with van der Waals surface area (Å²) in [7, 11) is 1.64. The largest absolute Gasteiger partial charge is 0.481 e. The third-order valence-corrected chi connectivity index (χ3v) is 4.01. The van der Waals surface area contributed by atoms with Gasteiger partial charge in [0.2, 0.25) is 0 Å². The van der Waals surface area contributed by atoms with E-state index < -0.39 is 11.9 Å². The summed E-state index contributed by atoms with van der Waals surface area (Å²) < 4.78 is 0. The smallest absolute Gasteiger partial charge is 0.308 e. The van der Waals surface area contributed by atoms with E-state index in [0.29, 0.717) is 4.88 Å². The van der Waals surface area contributed by atoms with E-state index in [1.54, 1.807) is 14.0 Å². The Morgan fingerprint density at radius 3 is 2.56 bits per heavy atom. The average molecular weight is 269 g/mol. The SMILES string of the molecule is CCc1cc(C(=O)N(C)C[C@H](C)C(=O)O)sc1C. The van der Waals surface area contributed by atoms with Crippen LogP contribution in [0.2, 0.25) is 0 Å². The fourth-order valence-corrected chi connectivity index (χ4v) is 2.84. The van der Waals surface area contributed by atoms with Crippen molar-refractivity contribution < 1.29 is 14.7 Å². The first kappa shape index (κ1) is 14.7. The number of carboxylic acids is 1. The minimum atomic E-state index is -0.883. The van der Waals surface area contributed by atoms with Gasteiger partial charge < -0.3 is 10.0 Å². The third kappa shape index (κ3) is 3.32. The zero-order valence-corrected chi connectivity index (χ0v) is 12.0. The van der Waals surface area contributed by atoms with Crippen LogP contribution in [0.5, 0.6) is 0 Å². The molecule has 1 aromatic heterocycles. The van der Waals surface area contributed by atoms with Crippen LogP contribution < -0.4 is 0 Å². The lowest BCUT2D eigenvalue weighted by Crippen LogP contribution is -2.33. The van der Waals surface area contributed by atoms with E-state index in [9.17, 15) is 9.59 Å². The van der Waals surface area contributed by atoms with Crippen LogP contribution in [-0.4, -0.2) is 35.5 Å². The Balaban J connectivity index is 2.77. The lowest BCUT2D eigenvalue weighted by Gasteiger charge is -2.18. The molecule has 1 heterocycles. The molecule has 1 N–H and O–H groups in total. The quantitative estimate of drug-likeness (QED) is 0.893. The first-order valence-corrected chi connectivity index (χ1v) is 6.76. The highest BCUT2D eigenvalue weighted by atomic mass is 32.1. The molecular formula is C13H19NO3S. The molecule has 18 heavy (non-hydrogen) atoms. The molecule has 0 fully saturated rings. The topological polar surface area (TPSA) is 57.6 Å². The molecule has 0 bridgehead atoms. The van der Waals surface area contributed by atoms with Gasteiger partial charge in [-0.15, -0.1) is 11.3 Å². The van der Waals surface area contributed by atoms with Gasteiger partial charge in [0.1, 0.15) is 0 Å². The van der Waals surface area contributed by atoms with Gasteiger partial charge >= 0.3 is 5.97 Å². The van der Waals surface area contributed by atoms with Crippen LogP contribution in [0.25, 0.3) is 0 Å². The Labute approximate surface area is 111 Å². The Morgan fingerprint density at radius 2 is 2.11 bits per heavy atom. The predicted molar refractivity (Wildman–Crippen MR) is 72.2 cm³/mol. The van der Waals surface area contributed by atoms with Gasteiger partial charge in [0.05, 0.1) is 10.8 Å². The number of aliphatic carboxylic acids is 1. The fraction of sp³-hybridized carbons (Fsp3) is 0.538. The van der Waals surface area contributed by atoms with Crippen molar-refractivity contribution >= 4 is 23.2 Å². The number of rotatable bonds is 5. The molecule has 0 unspecified atom stereocenters. The van der Waals surface area contributed by atoms with E-state index in [0.717, 1.165) is 11.3 Å². The molecule has 0 aliphatic carbocycles. The first-order chi connectivity index (χ1) is 8.36. The standard InChI is InChI=1S/C13H19NO3S/c1-5-10-6-11(18-9(10)3)12(15)14(4)7-8(2)13(16)17/h6,8H,5,7H2,1-4H3,(H,16,17)/t8-/m0/s1. The first-order valence-electron chi connectivity index (χ1n) is 5.94. The zero-order valence-electron chi connectivity index (χ0n) is 11.2. The van der Waals surface area contributed by atoms with Gasteiger partial charge in [0, 0.05) is 18.5 Å². The van der Waals surface area contributed by atoms with Crippen molar-refractivity contribution in [1.29, 1.82) is 0 Å². The van der Waals surface area contributed by atoms with Crippen molar-refractivity contribution in [2.24, 2.45) is 5.92 Å². The Kier molecular flexibility index (Phi) is 4.90. The number of hydrogen-bond acceptors (Lipinski definition) is 3. The molecule has 1 amide bonds. The third-order valence-electron chi connectivity index (χ3n) is 2.93. The van der Waals surface area contributed by atoms with Gasteiger partial charge in [-0.2, -0.15) is 0 Å². The van der Waals surface area contributed by atoms with Crippen LogP contribution in [0.1, 0.15) is 34.0 Å². The molecule has 0 saturated carbocycles. The van der Waals surface area contributed by atoms with Crippen molar-refractivity contribution in [2.75, 3.05) is 13.6 Å². The molecule has 100 valence electrons. The van der Waals surface area contributed by atoms with E-state index in [2.05, 4.69) is 6.92 Å². The fourth-order valence-electron chi connectivity index (χ4n) is 1.74. The Hall–Kier alpha value is -1.36. The van der Waals surface area contributed by atoms with Gasteiger partial charge in [0.15, 0.2) is 0 Å². The van der Waals surface area contributed by atoms with Crippen LogP contribution in [0.15, 0.2) is 6.07 Å². The second kappa shape index (κ2) is 6.00. The van der Waals surface area contributed by atoms with Crippen molar-refractivity contribution in [1.82, 2.24) is 4.90 Å². The molecule has 0 aliphatic heterocycles. The average Bonchev–Trinajstić information content (AvgIpc) is 2.69. The summed E-state index contributed by atoms with van der Waals surface area (Å²) in [5, 5.41) is 8.83. The number of amides is 1. The molecule has 0 saturated heterocycles. The Bertz CT molecular complexity index is 453. The summed E-state index contributed by atoms with van der Waals surface area (Å²) in [6, 6.07) is 1.91. The summed E-state index contributed by atoms with van der Waals surface area (Å²) >= 11 is 1.47. The number of carboxylic acid groups (broad SMARTS) is 1. The van der Waals surface area contributed by atoms with Gasteiger partial charge in [0.25, 0.3) is 5.91 Å². The maximum atomic E-state index is 12.1.